The number of rotatable bonds is 6. The zero-order valence-electron chi connectivity index (χ0n) is 18.8. The van der Waals surface area contributed by atoms with Crippen molar-refractivity contribution in [3.8, 4) is 11.5 Å². The van der Waals surface area contributed by atoms with E-state index in [2.05, 4.69) is 21.2 Å². The van der Waals surface area contributed by atoms with Crippen molar-refractivity contribution in [2.24, 2.45) is 0 Å². The molecule has 0 bridgehead atoms. The van der Waals surface area contributed by atoms with E-state index < -0.39 is 17.8 Å². The quantitative estimate of drug-likeness (QED) is 0.313. The zero-order chi connectivity index (χ0) is 25.1. The van der Waals surface area contributed by atoms with Crippen LogP contribution in [0.25, 0.3) is 6.08 Å². The number of ether oxygens (including phenoxy) is 2. The molecule has 1 aliphatic rings. The maximum atomic E-state index is 13.1. The molecule has 1 heterocycles. The Bertz CT molecular complexity index is 1370. The minimum atomic E-state index is -0.842. The monoisotopic (exact) mass is 554 g/mol. The lowest BCUT2D eigenvalue weighted by Crippen LogP contribution is -2.54. The van der Waals surface area contributed by atoms with Gasteiger partial charge in [0.25, 0.3) is 11.8 Å². The van der Waals surface area contributed by atoms with Gasteiger partial charge in [-0.25, -0.2) is 9.69 Å². The van der Waals surface area contributed by atoms with Gasteiger partial charge >= 0.3 is 6.03 Å². The van der Waals surface area contributed by atoms with Crippen LogP contribution in [0.4, 0.5) is 10.5 Å². The summed E-state index contributed by atoms with van der Waals surface area (Å²) in [5, 5.41) is 2.60. The molecule has 0 unspecified atom stereocenters. The molecule has 3 aromatic rings. The number of hydrogen-bond acceptors (Lipinski definition) is 5. The second-order valence-electron chi connectivity index (χ2n) is 7.68. The van der Waals surface area contributed by atoms with Crippen LogP contribution in [0, 0.1) is 6.92 Å². The smallest absolute Gasteiger partial charge is 0.335 e. The van der Waals surface area contributed by atoms with Crippen molar-refractivity contribution >= 4 is 57.1 Å². The molecule has 1 N–H and O–H groups in total. The number of anilines is 1. The molecule has 0 radical (unpaired) electrons. The van der Waals surface area contributed by atoms with Gasteiger partial charge in [0.2, 0.25) is 0 Å². The predicted molar refractivity (Wildman–Crippen MR) is 137 cm³/mol. The van der Waals surface area contributed by atoms with Crippen LogP contribution in [-0.2, 0) is 16.2 Å². The summed E-state index contributed by atoms with van der Waals surface area (Å²) < 4.78 is 12.3. The van der Waals surface area contributed by atoms with Gasteiger partial charge in [-0.1, -0.05) is 57.9 Å². The van der Waals surface area contributed by atoms with Crippen LogP contribution in [0.3, 0.4) is 0 Å². The van der Waals surface area contributed by atoms with Crippen LogP contribution < -0.4 is 19.7 Å². The zero-order valence-corrected chi connectivity index (χ0v) is 21.1. The van der Waals surface area contributed by atoms with Gasteiger partial charge in [0, 0.05) is 15.1 Å². The lowest BCUT2D eigenvalue weighted by Gasteiger charge is -2.26. The van der Waals surface area contributed by atoms with Gasteiger partial charge in [-0.15, -0.1) is 0 Å². The van der Waals surface area contributed by atoms with Crippen LogP contribution in [0.2, 0.25) is 5.02 Å². The molecule has 3 aromatic carbocycles. The highest BCUT2D eigenvalue weighted by atomic mass is 79.9. The second-order valence-corrected chi connectivity index (χ2v) is 8.94. The van der Waals surface area contributed by atoms with E-state index in [4.69, 9.17) is 21.1 Å². The lowest BCUT2D eigenvalue weighted by molar-refractivity contribution is -0.122. The number of nitrogens with one attached hydrogen (secondary N) is 1. The van der Waals surface area contributed by atoms with Crippen molar-refractivity contribution in [2.45, 2.75) is 13.5 Å². The number of benzene rings is 3. The first-order valence-corrected chi connectivity index (χ1v) is 11.7. The number of methoxy groups -OCH3 is 1. The summed E-state index contributed by atoms with van der Waals surface area (Å²) in [5.74, 6) is -0.626. The van der Waals surface area contributed by atoms with Crippen LogP contribution in [0.5, 0.6) is 11.5 Å². The Balaban J connectivity index is 1.61. The van der Waals surface area contributed by atoms with Crippen LogP contribution in [0.1, 0.15) is 16.7 Å². The summed E-state index contributed by atoms with van der Waals surface area (Å²) >= 11 is 9.66. The van der Waals surface area contributed by atoms with Crippen molar-refractivity contribution in [1.82, 2.24) is 5.32 Å². The fourth-order valence-corrected chi connectivity index (χ4v) is 4.02. The Kier molecular flexibility index (Phi) is 7.23. The number of amides is 4. The van der Waals surface area contributed by atoms with E-state index in [0.717, 1.165) is 20.5 Å². The maximum Gasteiger partial charge on any atom is 0.335 e. The van der Waals surface area contributed by atoms with Gasteiger partial charge in [-0.05, 0) is 54.5 Å². The van der Waals surface area contributed by atoms with E-state index in [1.165, 1.54) is 19.3 Å². The molecule has 7 nitrogen and oxygen atoms in total. The highest BCUT2D eigenvalue weighted by Crippen LogP contribution is 2.31. The molecule has 0 spiro atoms. The van der Waals surface area contributed by atoms with Crippen LogP contribution in [0.15, 0.2) is 70.7 Å². The first-order valence-electron chi connectivity index (χ1n) is 10.5. The largest absolute Gasteiger partial charge is 0.493 e. The first-order chi connectivity index (χ1) is 16.8. The third kappa shape index (κ3) is 5.23. The van der Waals surface area contributed by atoms with E-state index in [-0.39, 0.29) is 11.3 Å². The molecule has 1 aliphatic heterocycles. The van der Waals surface area contributed by atoms with Crippen molar-refractivity contribution in [1.29, 1.82) is 0 Å². The molecule has 0 atom stereocenters. The number of carbonyl (C=O) groups excluding carboxylic acids is 3. The van der Waals surface area contributed by atoms with E-state index in [9.17, 15) is 14.4 Å². The topological polar surface area (TPSA) is 84.9 Å². The summed E-state index contributed by atoms with van der Waals surface area (Å²) in [6.45, 7) is 2.12. The third-order valence-electron chi connectivity index (χ3n) is 5.35. The fraction of sp³-hybridized carbons (Fsp3) is 0.115. The summed E-state index contributed by atoms with van der Waals surface area (Å²) in [6.07, 6.45) is 1.40. The lowest BCUT2D eigenvalue weighted by atomic mass is 10.1. The molecule has 178 valence electrons. The van der Waals surface area contributed by atoms with E-state index in [0.29, 0.717) is 28.7 Å². The Morgan fingerprint density at radius 1 is 1.03 bits per heavy atom. The van der Waals surface area contributed by atoms with Crippen LogP contribution in [-0.4, -0.2) is 25.0 Å². The summed E-state index contributed by atoms with van der Waals surface area (Å²) in [5.41, 5.74) is 2.33. The van der Waals surface area contributed by atoms with E-state index >= 15 is 0 Å². The van der Waals surface area contributed by atoms with Crippen LogP contribution >= 0.6 is 27.5 Å². The van der Waals surface area contributed by atoms with E-state index in [1.807, 2.05) is 24.3 Å². The van der Waals surface area contributed by atoms with Crippen molar-refractivity contribution in [2.75, 3.05) is 12.0 Å². The van der Waals surface area contributed by atoms with Gasteiger partial charge in [0.05, 0.1) is 12.8 Å². The van der Waals surface area contributed by atoms with Gasteiger partial charge in [0.1, 0.15) is 12.2 Å². The van der Waals surface area contributed by atoms with Gasteiger partial charge in [-0.2, -0.15) is 0 Å². The summed E-state index contributed by atoms with van der Waals surface area (Å²) in [7, 11) is 1.50. The number of nitrogens with zero attached hydrogens (tertiary/aromatic N) is 1. The van der Waals surface area contributed by atoms with Gasteiger partial charge < -0.3 is 9.47 Å². The average Bonchev–Trinajstić information content (AvgIpc) is 2.83. The number of carbonyl (C=O) groups is 3. The SMILES string of the molecule is COc1cc(/C=C2\C(=O)NC(=O)N(c3ccc(C)c(Cl)c3)C2=O)ccc1OCc1ccccc1Br. The molecular weight excluding hydrogens is 536 g/mol. The fourth-order valence-electron chi connectivity index (χ4n) is 3.44. The number of hydrogen-bond donors (Lipinski definition) is 1. The Morgan fingerprint density at radius 2 is 1.80 bits per heavy atom. The Labute approximate surface area is 215 Å². The molecule has 1 fully saturated rings. The third-order valence-corrected chi connectivity index (χ3v) is 6.54. The predicted octanol–water partition coefficient (Wildman–Crippen LogP) is 5.66. The summed E-state index contributed by atoms with van der Waals surface area (Å²) in [4.78, 5) is 38.9. The number of aryl methyl sites for hydroxylation is 1. The number of halogens is 2. The van der Waals surface area contributed by atoms with Crippen molar-refractivity contribution in [3.63, 3.8) is 0 Å². The highest BCUT2D eigenvalue weighted by molar-refractivity contribution is 9.10. The molecule has 9 heteroatoms. The molecule has 1 saturated heterocycles. The van der Waals surface area contributed by atoms with E-state index in [1.54, 1.807) is 37.3 Å². The van der Waals surface area contributed by atoms with Gasteiger partial charge in [0.15, 0.2) is 11.5 Å². The Morgan fingerprint density at radius 3 is 2.51 bits per heavy atom. The second kappa shape index (κ2) is 10.3. The van der Waals surface area contributed by atoms with Gasteiger partial charge in [-0.3, -0.25) is 14.9 Å². The van der Waals surface area contributed by atoms with Crippen molar-refractivity contribution < 1.29 is 23.9 Å². The molecule has 0 saturated carbocycles. The number of barbiturate groups is 1. The van der Waals surface area contributed by atoms with Crippen molar-refractivity contribution in [3.05, 3.63) is 92.4 Å². The molecule has 35 heavy (non-hydrogen) atoms. The normalized spacial score (nSPS) is 14.8. The number of urea groups is 1. The molecule has 0 aliphatic carbocycles. The molecular formula is C26H20BrClN2O5. The highest BCUT2D eigenvalue weighted by Gasteiger charge is 2.37. The summed E-state index contributed by atoms with van der Waals surface area (Å²) in [6, 6.07) is 16.7. The molecule has 4 amide bonds. The Hall–Kier alpha value is -3.62. The minimum Gasteiger partial charge on any atom is -0.493 e. The first kappa shape index (κ1) is 24.5. The maximum absolute atomic E-state index is 13.1. The molecule has 4 rings (SSSR count). The standard InChI is InChI=1S/C26H20BrClN2O5/c1-15-7-9-18(13-21(15)28)30-25(32)19(24(31)29-26(30)33)11-16-8-10-22(23(12-16)34-2)35-14-17-5-3-4-6-20(17)27/h3-13H,14H2,1-2H3,(H,29,31,33)/b19-11+. The minimum absolute atomic E-state index is 0.203. The number of imide groups is 2. The average molecular weight is 556 g/mol. The molecule has 0 aromatic heterocycles.